The van der Waals surface area contributed by atoms with E-state index < -0.39 is 0 Å². The molecule has 0 spiro atoms. The summed E-state index contributed by atoms with van der Waals surface area (Å²) < 4.78 is 10.6. The molecule has 0 unspecified atom stereocenters. The van der Waals surface area contributed by atoms with Gasteiger partial charge in [-0.1, -0.05) is 6.07 Å². The van der Waals surface area contributed by atoms with E-state index in [0.717, 1.165) is 12.8 Å². The Morgan fingerprint density at radius 3 is 2.32 bits per heavy atom. The second-order valence-corrected chi connectivity index (χ2v) is 5.95. The number of ketones is 1. The Kier molecular flexibility index (Phi) is 5.14. The van der Waals surface area contributed by atoms with E-state index in [-0.39, 0.29) is 5.78 Å². The van der Waals surface area contributed by atoms with Crippen LogP contribution < -0.4 is 9.47 Å². The predicted molar refractivity (Wildman–Crippen MR) is 78.5 cm³/mol. The Hall–Kier alpha value is -1.16. The van der Waals surface area contributed by atoms with E-state index in [2.05, 4.69) is 0 Å². The van der Waals surface area contributed by atoms with Crippen molar-refractivity contribution >= 4 is 17.5 Å². The first-order chi connectivity index (χ1) is 9.26. The zero-order chi connectivity index (χ0) is 13.7. The molecule has 0 aliphatic carbocycles. The summed E-state index contributed by atoms with van der Waals surface area (Å²) in [5, 5.41) is 0. The standard InChI is InChI=1S/C15H20O3S/c1-17-13-4-3-5-14(18-2)15(13)12(16)10-11-6-8-19-9-7-11/h3-5,11H,6-10H2,1-2H3. The van der Waals surface area contributed by atoms with Crippen LogP contribution in [0.3, 0.4) is 0 Å². The Balaban J connectivity index is 2.17. The van der Waals surface area contributed by atoms with Gasteiger partial charge in [-0.15, -0.1) is 0 Å². The SMILES string of the molecule is COc1cccc(OC)c1C(=O)CC1CCSCC1. The highest BCUT2D eigenvalue weighted by molar-refractivity contribution is 7.99. The van der Waals surface area contributed by atoms with Crippen molar-refractivity contribution in [3.8, 4) is 11.5 Å². The lowest BCUT2D eigenvalue weighted by atomic mass is 9.93. The van der Waals surface area contributed by atoms with E-state index in [9.17, 15) is 4.79 Å². The molecule has 3 nitrogen and oxygen atoms in total. The molecule has 2 rings (SSSR count). The minimum Gasteiger partial charge on any atom is -0.496 e. The maximum atomic E-state index is 12.5. The van der Waals surface area contributed by atoms with Crippen molar-refractivity contribution in [2.75, 3.05) is 25.7 Å². The first-order valence-corrected chi connectivity index (χ1v) is 7.73. The molecule has 0 saturated carbocycles. The summed E-state index contributed by atoms with van der Waals surface area (Å²) in [6.45, 7) is 0. The molecule has 1 fully saturated rings. The van der Waals surface area contributed by atoms with Crippen molar-refractivity contribution in [3.05, 3.63) is 23.8 Å². The van der Waals surface area contributed by atoms with Gasteiger partial charge in [0.15, 0.2) is 5.78 Å². The molecular formula is C15H20O3S. The number of carbonyl (C=O) groups is 1. The molecule has 0 aromatic heterocycles. The van der Waals surface area contributed by atoms with Gasteiger partial charge in [0, 0.05) is 6.42 Å². The van der Waals surface area contributed by atoms with Crippen molar-refractivity contribution in [2.24, 2.45) is 5.92 Å². The third kappa shape index (κ3) is 3.44. The summed E-state index contributed by atoms with van der Waals surface area (Å²) in [5.74, 6) is 4.18. The van der Waals surface area contributed by atoms with Crippen molar-refractivity contribution in [2.45, 2.75) is 19.3 Å². The van der Waals surface area contributed by atoms with Crippen LogP contribution in [0.4, 0.5) is 0 Å². The van der Waals surface area contributed by atoms with Crippen molar-refractivity contribution in [1.82, 2.24) is 0 Å². The first kappa shape index (κ1) is 14.3. The van der Waals surface area contributed by atoms with E-state index in [1.54, 1.807) is 14.2 Å². The zero-order valence-electron chi connectivity index (χ0n) is 11.5. The third-order valence-corrected chi connectivity index (χ3v) is 4.57. The molecule has 1 heterocycles. The molecule has 104 valence electrons. The van der Waals surface area contributed by atoms with Crippen LogP contribution in [0.2, 0.25) is 0 Å². The number of rotatable bonds is 5. The Bertz CT molecular complexity index is 417. The molecule has 0 amide bonds. The number of hydrogen-bond acceptors (Lipinski definition) is 4. The van der Waals surface area contributed by atoms with Crippen LogP contribution in [0.15, 0.2) is 18.2 Å². The highest BCUT2D eigenvalue weighted by atomic mass is 32.2. The van der Waals surface area contributed by atoms with E-state index in [4.69, 9.17) is 9.47 Å². The van der Waals surface area contributed by atoms with Crippen LogP contribution >= 0.6 is 11.8 Å². The lowest BCUT2D eigenvalue weighted by Gasteiger charge is -2.21. The van der Waals surface area contributed by atoms with Gasteiger partial charge in [0.25, 0.3) is 0 Å². The van der Waals surface area contributed by atoms with Crippen LogP contribution in [0.5, 0.6) is 11.5 Å². The molecule has 0 radical (unpaired) electrons. The van der Waals surface area contributed by atoms with Crippen molar-refractivity contribution < 1.29 is 14.3 Å². The highest BCUT2D eigenvalue weighted by Crippen LogP contribution is 2.33. The van der Waals surface area contributed by atoms with E-state index >= 15 is 0 Å². The monoisotopic (exact) mass is 280 g/mol. The zero-order valence-corrected chi connectivity index (χ0v) is 12.3. The minimum absolute atomic E-state index is 0.131. The number of Topliss-reactive ketones (excluding diaryl/α,β-unsaturated/α-hetero) is 1. The summed E-state index contributed by atoms with van der Waals surface area (Å²) in [7, 11) is 3.17. The number of benzene rings is 1. The topological polar surface area (TPSA) is 35.5 Å². The average molecular weight is 280 g/mol. The fourth-order valence-corrected chi connectivity index (χ4v) is 3.64. The predicted octanol–water partition coefficient (Wildman–Crippen LogP) is 3.42. The molecule has 0 N–H and O–H groups in total. The van der Waals surface area contributed by atoms with Gasteiger partial charge >= 0.3 is 0 Å². The second-order valence-electron chi connectivity index (χ2n) is 4.72. The molecule has 1 aromatic rings. The van der Waals surface area contributed by atoms with Gasteiger partial charge in [0.2, 0.25) is 0 Å². The summed E-state index contributed by atoms with van der Waals surface area (Å²) >= 11 is 1.98. The van der Waals surface area contributed by atoms with Gasteiger partial charge in [-0.2, -0.15) is 11.8 Å². The minimum atomic E-state index is 0.131. The van der Waals surface area contributed by atoms with Crippen LogP contribution in [-0.2, 0) is 0 Å². The quantitative estimate of drug-likeness (QED) is 0.774. The molecule has 19 heavy (non-hydrogen) atoms. The first-order valence-electron chi connectivity index (χ1n) is 6.58. The van der Waals surface area contributed by atoms with Gasteiger partial charge in [-0.25, -0.2) is 0 Å². The smallest absolute Gasteiger partial charge is 0.170 e. The molecule has 4 heteroatoms. The van der Waals surface area contributed by atoms with Crippen molar-refractivity contribution in [3.63, 3.8) is 0 Å². The Morgan fingerprint density at radius 2 is 1.79 bits per heavy atom. The fraction of sp³-hybridized carbons (Fsp3) is 0.533. The molecule has 1 aliphatic rings. The van der Waals surface area contributed by atoms with Crippen LogP contribution in [0.25, 0.3) is 0 Å². The van der Waals surface area contributed by atoms with Gasteiger partial charge in [0.05, 0.1) is 14.2 Å². The van der Waals surface area contributed by atoms with Crippen LogP contribution in [-0.4, -0.2) is 31.5 Å². The Morgan fingerprint density at radius 1 is 1.21 bits per heavy atom. The largest absolute Gasteiger partial charge is 0.496 e. The Labute approximate surface area is 118 Å². The lowest BCUT2D eigenvalue weighted by molar-refractivity contribution is 0.0952. The lowest BCUT2D eigenvalue weighted by Crippen LogP contribution is -2.15. The highest BCUT2D eigenvalue weighted by Gasteiger charge is 2.23. The average Bonchev–Trinajstić information content (AvgIpc) is 2.47. The van der Waals surface area contributed by atoms with Crippen LogP contribution in [0, 0.1) is 5.92 Å². The summed E-state index contributed by atoms with van der Waals surface area (Å²) in [5.41, 5.74) is 0.589. The third-order valence-electron chi connectivity index (χ3n) is 3.52. The van der Waals surface area contributed by atoms with Gasteiger partial charge < -0.3 is 9.47 Å². The normalized spacial score (nSPS) is 16.1. The molecule has 1 aliphatic heterocycles. The van der Waals surface area contributed by atoms with E-state index in [0.29, 0.717) is 29.4 Å². The van der Waals surface area contributed by atoms with Gasteiger partial charge in [-0.05, 0) is 42.4 Å². The van der Waals surface area contributed by atoms with E-state index in [1.165, 1.54) is 11.5 Å². The maximum Gasteiger partial charge on any atom is 0.170 e. The molecule has 1 saturated heterocycles. The molecular weight excluding hydrogens is 260 g/mol. The van der Waals surface area contributed by atoms with E-state index in [1.807, 2.05) is 30.0 Å². The van der Waals surface area contributed by atoms with Gasteiger partial charge in [-0.3, -0.25) is 4.79 Å². The summed E-state index contributed by atoms with van der Waals surface area (Å²) in [6.07, 6.45) is 2.86. The molecule has 1 aromatic carbocycles. The second kappa shape index (κ2) is 6.85. The molecule has 0 bridgehead atoms. The summed E-state index contributed by atoms with van der Waals surface area (Å²) in [6, 6.07) is 5.46. The number of thioether (sulfide) groups is 1. The molecule has 0 atom stereocenters. The number of hydrogen-bond donors (Lipinski definition) is 0. The fourth-order valence-electron chi connectivity index (χ4n) is 2.44. The number of carbonyl (C=O) groups excluding carboxylic acids is 1. The van der Waals surface area contributed by atoms with Crippen LogP contribution in [0.1, 0.15) is 29.6 Å². The number of ether oxygens (including phenoxy) is 2. The van der Waals surface area contributed by atoms with Crippen molar-refractivity contribution in [1.29, 1.82) is 0 Å². The maximum absolute atomic E-state index is 12.5. The summed E-state index contributed by atoms with van der Waals surface area (Å²) in [4.78, 5) is 12.5. The van der Waals surface area contributed by atoms with Gasteiger partial charge in [0.1, 0.15) is 17.1 Å². The number of methoxy groups -OCH3 is 2.